The Morgan fingerprint density at radius 1 is 1.29 bits per heavy atom. The van der Waals surface area contributed by atoms with Crippen LogP contribution in [-0.4, -0.2) is 30.6 Å². The molecule has 0 amide bonds. The van der Waals surface area contributed by atoms with Gasteiger partial charge in [0.05, 0.1) is 0 Å². The molecular formula is C15H24N2. The Kier molecular flexibility index (Phi) is 4.19. The van der Waals surface area contributed by atoms with Crippen molar-refractivity contribution in [3.05, 3.63) is 35.4 Å². The van der Waals surface area contributed by atoms with Crippen LogP contribution < -0.4 is 5.32 Å². The second-order valence-corrected chi connectivity index (χ2v) is 5.42. The van der Waals surface area contributed by atoms with Crippen molar-refractivity contribution in [2.24, 2.45) is 0 Å². The summed E-state index contributed by atoms with van der Waals surface area (Å²) < 4.78 is 0. The lowest BCUT2D eigenvalue weighted by Gasteiger charge is -2.33. The number of hydrogen-bond donors (Lipinski definition) is 1. The van der Waals surface area contributed by atoms with Gasteiger partial charge in [-0.3, -0.25) is 4.90 Å². The average molecular weight is 232 g/mol. The van der Waals surface area contributed by atoms with Crippen molar-refractivity contribution in [3.63, 3.8) is 0 Å². The van der Waals surface area contributed by atoms with Crippen LogP contribution in [0.4, 0.5) is 0 Å². The lowest BCUT2D eigenvalue weighted by molar-refractivity contribution is 0.165. The Hall–Kier alpha value is -0.860. The Morgan fingerprint density at radius 2 is 2.00 bits per heavy atom. The summed E-state index contributed by atoms with van der Waals surface area (Å²) in [6, 6.07) is 9.75. The van der Waals surface area contributed by atoms with Gasteiger partial charge in [0, 0.05) is 32.2 Å². The number of rotatable bonds is 3. The maximum Gasteiger partial charge on any atom is 0.0237 e. The standard InChI is InChI=1S/C15H24N2/c1-12(2)15-6-4-14(5-7-15)11-17-9-8-16-10-13(17)3/h4-7,12-13,16H,8-11H2,1-3H3/t13-/m0/s1. The minimum Gasteiger partial charge on any atom is -0.314 e. The molecule has 0 aromatic heterocycles. The highest BCUT2D eigenvalue weighted by atomic mass is 15.2. The zero-order valence-electron chi connectivity index (χ0n) is 11.2. The molecule has 1 heterocycles. The lowest BCUT2D eigenvalue weighted by atomic mass is 10.0. The van der Waals surface area contributed by atoms with E-state index in [-0.39, 0.29) is 0 Å². The highest BCUT2D eigenvalue weighted by Crippen LogP contribution is 2.16. The van der Waals surface area contributed by atoms with Crippen LogP contribution in [0.2, 0.25) is 0 Å². The van der Waals surface area contributed by atoms with Gasteiger partial charge in [0.2, 0.25) is 0 Å². The van der Waals surface area contributed by atoms with E-state index in [0.29, 0.717) is 12.0 Å². The van der Waals surface area contributed by atoms with E-state index < -0.39 is 0 Å². The van der Waals surface area contributed by atoms with Crippen molar-refractivity contribution >= 4 is 0 Å². The Balaban J connectivity index is 1.98. The number of nitrogens with one attached hydrogen (secondary N) is 1. The van der Waals surface area contributed by atoms with E-state index in [1.807, 2.05) is 0 Å². The van der Waals surface area contributed by atoms with E-state index in [9.17, 15) is 0 Å². The second-order valence-electron chi connectivity index (χ2n) is 5.42. The molecular weight excluding hydrogens is 208 g/mol. The molecule has 17 heavy (non-hydrogen) atoms. The first-order valence-corrected chi connectivity index (χ1v) is 6.70. The van der Waals surface area contributed by atoms with E-state index >= 15 is 0 Å². The van der Waals surface area contributed by atoms with Crippen molar-refractivity contribution < 1.29 is 0 Å². The summed E-state index contributed by atoms with van der Waals surface area (Å²) in [5.74, 6) is 0.627. The zero-order valence-corrected chi connectivity index (χ0v) is 11.2. The van der Waals surface area contributed by atoms with Gasteiger partial charge in [0.25, 0.3) is 0 Å². The van der Waals surface area contributed by atoms with Crippen LogP contribution in [0.15, 0.2) is 24.3 Å². The highest BCUT2D eigenvalue weighted by molar-refractivity contribution is 5.24. The minimum absolute atomic E-state index is 0.627. The molecule has 0 spiro atoms. The SMILES string of the molecule is CC(C)c1ccc(CN2CCNC[C@@H]2C)cc1. The van der Waals surface area contributed by atoms with Gasteiger partial charge in [0.1, 0.15) is 0 Å². The summed E-state index contributed by atoms with van der Waals surface area (Å²) in [6.07, 6.45) is 0. The molecule has 1 saturated heterocycles. The van der Waals surface area contributed by atoms with Crippen LogP contribution in [0.3, 0.4) is 0 Å². The van der Waals surface area contributed by atoms with Gasteiger partial charge in [-0.25, -0.2) is 0 Å². The van der Waals surface area contributed by atoms with E-state index in [2.05, 4.69) is 55.3 Å². The molecule has 0 bridgehead atoms. The van der Waals surface area contributed by atoms with Gasteiger partial charge in [-0.1, -0.05) is 38.1 Å². The fourth-order valence-electron chi connectivity index (χ4n) is 2.36. The predicted octanol–water partition coefficient (Wildman–Crippen LogP) is 2.60. The van der Waals surface area contributed by atoms with Gasteiger partial charge in [-0.15, -0.1) is 0 Å². The Bertz CT molecular complexity index is 342. The first kappa shape index (κ1) is 12.6. The summed E-state index contributed by atoms with van der Waals surface area (Å²) >= 11 is 0. The summed E-state index contributed by atoms with van der Waals surface area (Å²) in [7, 11) is 0. The fraction of sp³-hybridized carbons (Fsp3) is 0.600. The van der Waals surface area contributed by atoms with Gasteiger partial charge in [-0.05, 0) is 24.0 Å². The molecule has 0 unspecified atom stereocenters. The third-order valence-corrected chi connectivity index (χ3v) is 3.67. The highest BCUT2D eigenvalue weighted by Gasteiger charge is 2.17. The molecule has 0 saturated carbocycles. The predicted molar refractivity (Wildman–Crippen MR) is 73.3 cm³/mol. The first-order valence-electron chi connectivity index (χ1n) is 6.70. The average Bonchev–Trinajstić information content (AvgIpc) is 2.33. The van der Waals surface area contributed by atoms with Gasteiger partial charge in [-0.2, -0.15) is 0 Å². The topological polar surface area (TPSA) is 15.3 Å². The van der Waals surface area contributed by atoms with Crippen LogP contribution in [0, 0.1) is 0 Å². The zero-order chi connectivity index (χ0) is 12.3. The summed E-state index contributed by atoms with van der Waals surface area (Å²) in [6.45, 7) is 11.3. The first-order chi connectivity index (χ1) is 8.16. The van der Waals surface area contributed by atoms with Crippen molar-refractivity contribution in [1.29, 1.82) is 0 Å². The van der Waals surface area contributed by atoms with Crippen molar-refractivity contribution in [2.45, 2.75) is 39.3 Å². The molecule has 1 aliphatic rings. The van der Waals surface area contributed by atoms with Crippen LogP contribution >= 0.6 is 0 Å². The van der Waals surface area contributed by atoms with Crippen LogP contribution in [-0.2, 0) is 6.54 Å². The maximum atomic E-state index is 3.43. The van der Waals surface area contributed by atoms with Crippen LogP contribution in [0.5, 0.6) is 0 Å². The molecule has 2 heteroatoms. The molecule has 1 N–H and O–H groups in total. The van der Waals surface area contributed by atoms with Crippen LogP contribution in [0.25, 0.3) is 0 Å². The quantitative estimate of drug-likeness (QED) is 0.862. The molecule has 94 valence electrons. The molecule has 1 atom stereocenters. The Morgan fingerprint density at radius 3 is 2.59 bits per heavy atom. The molecule has 2 nitrogen and oxygen atoms in total. The van der Waals surface area contributed by atoms with Crippen LogP contribution in [0.1, 0.15) is 37.8 Å². The third-order valence-electron chi connectivity index (χ3n) is 3.67. The molecule has 1 aromatic rings. The monoisotopic (exact) mass is 232 g/mol. The second kappa shape index (κ2) is 5.65. The number of hydrogen-bond acceptors (Lipinski definition) is 2. The molecule has 2 rings (SSSR count). The van der Waals surface area contributed by atoms with Crippen molar-refractivity contribution in [2.75, 3.05) is 19.6 Å². The minimum atomic E-state index is 0.627. The van der Waals surface area contributed by atoms with Crippen molar-refractivity contribution in [1.82, 2.24) is 10.2 Å². The molecule has 1 aliphatic heterocycles. The smallest absolute Gasteiger partial charge is 0.0237 e. The van der Waals surface area contributed by atoms with Crippen molar-refractivity contribution in [3.8, 4) is 0 Å². The van der Waals surface area contributed by atoms with E-state index in [4.69, 9.17) is 0 Å². The number of benzene rings is 1. The molecule has 1 fully saturated rings. The van der Waals surface area contributed by atoms with Gasteiger partial charge < -0.3 is 5.32 Å². The lowest BCUT2D eigenvalue weighted by Crippen LogP contribution is -2.49. The summed E-state index contributed by atoms with van der Waals surface area (Å²) in [5.41, 5.74) is 2.87. The van der Waals surface area contributed by atoms with E-state index in [1.165, 1.54) is 11.1 Å². The Labute approximate surface area is 105 Å². The van der Waals surface area contributed by atoms with E-state index in [0.717, 1.165) is 26.2 Å². The fourth-order valence-corrected chi connectivity index (χ4v) is 2.36. The third kappa shape index (κ3) is 3.30. The number of piperazine rings is 1. The van der Waals surface area contributed by atoms with Gasteiger partial charge in [0.15, 0.2) is 0 Å². The maximum absolute atomic E-state index is 3.43. The summed E-state index contributed by atoms with van der Waals surface area (Å²) in [5, 5.41) is 3.43. The van der Waals surface area contributed by atoms with E-state index in [1.54, 1.807) is 0 Å². The normalized spacial score (nSPS) is 22.0. The molecule has 0 aliphatic carbocycles. The molecule has 0 radical (unpaired) electrons. The largest absolute Gasteiger partial charge is 0.314 e. The number of nitrogens with zero attached hydrogens (tertiary/aromatic N) is 1. The molecule has 1 aromatic carbocycles. The summed E-state index contributed by atoms with van der Waals surface area (Å²) in [4.78, 5) is 2.56. The van der Waals surface area contributed by atoms with Gasteiger partial charge >= 0.3 is 0 Å².